The largest absolute Gasteiger partial charge is 0.695 e. The summed E-state index contributed by atoms with van der Waals surface area (Å²) >= 11 is 0. The maximum absolute atomic E-state index is 12.3. The number of carbonyl (C=O) groups excluding carboxylic acids is 2. The van der Waals surface area contributed by atoms with Crippen molar-refractivity contribution in [3.63, 3.8) is 0 Å². The summed E-state index contributed by atoms with van der Waals surface area (Å²) in [6.45, 7) is 2.16. The van der Waals surface area contributed by atoms with Gasteiger partial charge in [0.1, 0.15) is 18.3 Å². The Balaban J connectivity index is 1.67. The summed E-state index contributed by atoms with van der Waals surface area (Å²) in [5, 5.41) is 11.9. The van der Waals surface area contributed by atoms with Crippen LogP contribution in [0.4, 0.5) is 0 Å². The molecule has 2 aliphatic heterocycles. The molecule has 0 radical (unpaired) electrons. The van der Waals surface area contributed by atoms with Gasteiger partial charge in [0.05, 0.1) is 12.5 Å². The molecule has 0 spiro atoms. The first-order valence-electron chi connectivity index (χ1n) is 13.7. The number of hydrogen-bond donors (Lipinski definition) is 3. The van der Waals surface area contributed by atoms with Gasteiger partial charge in [-0.25, -0.2) is 0 Å². The van der Waals surface area contributed by atoms with Crippen LogP contribution in [0.15, 0.2) is 12.2 Å². The molecule has 2 heterocycles. The maximum atomic E-state index is 12.3. The van der Waals surface area contributed by atoms with Crippen LogP contribution in [-0.2, 0) is 28.2 Å². The smallest absolute Gasteiger partial charge is 0.394 e. The third-order valence-corrected chi connectivity index (χ3v) is 7.33. The van der Waals surface area contributed by atoms with Gasteiger partial charge in [0.25, 0.3) is 0 Å². The molecule has 3 unspecified atom stereocenters. The van der Waals surface area contributed by atoms with Gasteiger partial charge < -0.3 is 14.6 Å². The average Bonchev–Trinajstić information content (AvgIpc) is 3.17. The van der Waals surface area contributed by atoms with Crippen molar-refractivity contribution in [2.75, 3.05) is 13.2 Å². The van der Waals surface area contributed by atoms with E-state index in [-0.39, 0.29) is 0 Å². The lowest BCUT2D eigenvalue weighted by Gasteiger charge is -2.26. The van der Waals surface area contributed by atoms with E-state index in [0.29, 0.717) is 6.61 Å². The molecular weight excluding hydrogens is 485 g/mol. The van der Waals surface area contributed by atoms with Crippen molar-refractivity contribution in [1.29, 1.82) is 0 Å². The van der Waals surface area contributed by atoms with E-state index in [2.05, 4.69) is 12.2 Å². The summed E-state index contributed by atoms with van der Waals surface area (Å²) in [7, 11) is -2.96. The molecule has 2 rings (SSSR count). The van der Waals surface area contributed by atoms with Crippen molar-refractivity contribution in [2.45, 2.75) is 121 Å². The van der Waals surface area contributed by atoms with Crippen molar-refractivity contribution >= 4 is 20.1 Å². The molecule has 9 nitrogen and oxygen atoms in total. The van der Waals surface area contributed by atoms with E-state index in [1.54, 1.807) is 0 Å². The van der Waals surface area contributed by atoms with Crippen LogP contribution in [0.25, 0.3) is 0 Å². The Morgan fingerprint density at radius 2 is 1.47 bits per heavy atom. The van der Waals surface area contributed by atoms with Crippen LogP contribution in [0.5, 0.6) is 0 Å². The zero-order valence-corrected chi connectivity index (χ0v) is 22.5. The first kappa shape index (κ1) is 31.0. The Hall–Kier alpha value is -1.22. The number of hydrogen-bond acceptors (Lipinski definition) is 7. The molecule has 3 N–H and O–H groups in total. The lowest BCUT2D eigenvalue weighted by atomic mass is 9.93. The average molecular weight is 531 g/mol. The summed E-state index contributed by atoms with van der Waals surface area (Å²) in [4.78, 5) is 33.1. The molecule has 0 saturated carbocycles. The van der Waals surface area contributed by atoms with Gasteiger partial charge in [-0.3, -0.25) is 14.9 Å². The van der Waals surface area contributed by atoms with Gasteiger partial charge in [-0.2, -0.15) is 0 Å². The number of ether oxygens (including phenoxy) is 2. The van der Waals surface area contributed by atoms with Crippen LogP contribution >= 0.6 is 8.25 Å². The van der Waals surface area contributed by atoms with Gasteiger partial charge in [0.15, 0.2) is 6.10 Å². The normalized spacial score (nSPS) is 26.4. The van der Waals surface area contributed by atoms with Gasteiger partial charge >= 0.3 is 8.25 Å². The van der Waals surface area contributed by atoms with Crippen molar-refractivity contribution in [1.82, 2.24) is 5.32 Å². The van der Waals surface area contributed by atoms with Crippen LogP contribution in [-0.4, -0.2) is 59.4 Å². The number of imide groups is 1. The highest BCUT2D eigenvalue weighted by atomic mass is 31.1. The minimum Gasteiger partial charge on any atom is -0.394 e. The molecular formula is C26H45NO8P+. The highest BCUT2D eigenvalue weighted by Crippen LogP contribution is 2.36. The fourth-order valence-electron chi connectivity index (χ4n) is 4.91. The summed E-state index contributed by atoms with van der Waals surface area (Å²) in [6, 6.07) is 0. The van der Waals surface area contributed by atoms with Crippen molar-refractivity contribution in [2.24, 2.45) is 5.92 Å². The molecule has 6 atom stereocenters. The highest BCUT2D eigenvalue weighted by molar-refractivity contribution is 7.32. The molecule has 0 aromatic heterocycles. The summed E-state index contributed by atoms with van der Waals surface area (Å²) in [5.41, 5.74) is 0. The Labute approximate surface area is 216 Å². The lowest BCUT2D eigenvalue weighted by Crippen LogP contribution is -2.47. The second-order valence-corrected chi connectivity index (χ2v) is 10.5. The van der Waals surface area contributed by atoms with Gasteiger partial charge in [0.2, 0.25) is 11.8 Å². The zero-order chi connectivity index (χ0) is 26.2. The van der Waals surface area contributed by atoms with Gasteiger partial charge in [-0.05, 0) is 6.42 Å². The van der Waals surface area contributed by atoms with Crippen LogP contribution in [0.2, 0.25) is 0 Å². The molecule has 2 aliphatic rings. The van der Waals surface area contributed by atoms with Gasteiger partial charge in [0, 0.05) is 17.2 Å². The monoisotopic (exact) mass is 530 g/mol. The van der Waals surface area contributed by atoms with E-state index in [4.69, 9.17) is 14.0 Å². The SMILES string of the molecule is CCCCCCCCCCCCCCCCO[C@H]1C(O[P+](=O)O)[C@@H](CO)O[C@H]1C1C=CC(=O)NC1=O. The molecule has 36 heavy (non-hydrogen) atoms. The molecule has 0 aromatic carbocycles. The number of aliphatic hydroxyl groups excluding tert-OH is 1. The molecule has 206 valence electrons. The van der Waals surface area contributed by atoms with E-state index in [0.717, 1.165) is 19.3 Å². The number of unbranched alkanes of at least 4 members (excludes halogenated alkanes) is 13. The van der Waals surface area contributed by atoms with Crippen molar-refractivity contribution < 1.29 is 38.2 Å². The molecule has 10 heteroatoms. The molecule has 2 amide bonds. The Bertz CT molecular complexity index is 703. The van der Waals surface area contributed by atoms with Crippen LogP contribution in [0.1, 0.15) is 96.8 Å². The van der Waals surface area contributed by atoms with E-state index < -0.39 is 57.0 Å². The molecule has 1 fully saturated rings. The third-order valence-electron chi connectivity index (χ3n) is 6.90. The number of carbonyl (C=O) groups is 2. The van der Waals surface area contributed by atoms with Gasteiger partial charge in [-0.15, -0.1) is 9.42 Å². The van der Waals surface area contributed by atoms with Crippen molar-refractivity contribution in [3.8, 4) is 0 Å². The van der Waals surface area contributed by atoms with E-state index >= 15 is 0 Å². The highest BCUT2D eigenvalue weighted by Gasteiger charge is 2.54. The van der Waals surface area contributed by atoms with E-state index in [1.807, 2.05) is 0 Å². The topological polar surface area (TPSA) is 131 Å². The predicted molar refractivity (Wildman–Crippen MR) is 136 cm³/mol. The van der Waals surface area contributed by atoms with Gasteiger partial charge in [-0.1, -0.05) is 96.5 Å². The van der Waals surface area contributed by atoms with Crippen LogP contribution in [0.3, 0.4) is 0 Å². The number of nitrogens with one attached hydrogen (secondary N) is 1. The zero-order valence-electron chi connectivity index (χ0n) is 21.6. The molecule has 0 bridgehead atoms. The predicted octanol–water partition coefficient (Wildman–Crippen LogP) is 4.48. The van der Waals surface area contributed by atoms with Crippen LogP contribution in [0, 0.1) is 5.92 Å². The minimum absolute atomic E-state index is 0.375. The first-order valence-corrected chi connectivity index (χ1v) is 14.8. The lowest BCUT2D eigenvalue weighted by molar-refractivity contribution is -0.136. The second-order valence-electron chi connectivity index (χ2n) is 9.80. The summed E-state index contributed by atoms with van der Waals surface area (Å²) in [5.74, 6) is -1.88. The minimum atomic E-state index is -2.96. The van der Waals surface area contributed by atoms with Crippen molar-refractivity contribution in [3.05, 3.63) is 12.2 Å². The number of rotatable bonds is 20. The quantitative estimate of drug-likeness (QED) is 0.119. The fraction of sp³-hybridized carbons (Fsp3) is 0.846. The number of aliphatic hydroxyl groups is 1. The third kappa shape index (κ3) is 11.0. The molecule has 0 aliphatic carbocycles. The summed E-state index contributed by atoms with van der Waals surface area (Å²) in [6.07, 6.45) is 16.5. The molecule has 1 saturated heterocycles. The Morgan fingerprint density at radius 3 is 1.97 bits per heavy atom. The fourth-order valence-corrected chi connectivity index (χ4v) is 5.38. The van der Waals surface area contributed by atoms with Crippen LogP contribution < -0.4 is 5.32 Å². The van der Waals surface area contributed by atoms with E-state index in [9.17, 15) is 24.2 Å². The Kier molecular flexibility index (Phi) is 15.6. The Morgan fingerprint density at radius 1 is 0.917 bits per heavy atom. The molecule has 0 aromatic rings. The summed E-state index contributed by atoms with van der Waals surface area (Å²) < 4.78 is 28.3. The first-order chi connectivity index (χ1) is 17.5. The maximum Gasteiger partial charge on any atom is 0.695 e. The second kappa shape index (κ2) is 18.1. The van der Waals surface area contributed by atoms with E-state index in [1.165, 1.54) is 82.8 Å². The number of amides is 2. The standard InChI is InChI=1S/C26H44NO8P/c1-2-3-4-5-6-7-8-9-10-11-12-13-14-15-18-33-25-23(20-16-17-22(29)27-26(20)30)34-21(19-28)24(25)35-36(31)32/h16-17,20-21,23-25,28H,2-15,18-19H2,1H3,(H-,27,29,30,31,32)/p+1/t20?,21-,23+,24?,25-/m1/s1.